The first-order valence-corrected chi connectivity index (χ1v) is 8.38. The van der Waals surface area contributed by atoms with Crippen LogP contribution in [-0.4, -0.2) is 10.5 Å². The molecule has 0 bridgehead atoms. The fourth-order valence-corrected chi connectivity index (χ4v) is 2.18. The maximum atomic E-state index is 10.7. The summed E-state index contributed by atoms with van der Waals surface area (Å²) in [7, 11) is -0.760. The van der Waals surface area contributed by atoms with E-state index in [1.807, 2.05) is 0 Å². The summed E-state index contributed by atoms with van der Waals surface area (Å²) in [5.41, 5.74) is 0. The van der Waals surface area contributed by atoms with Gasteiger partial charge in [0.2, 0.25) is 0 Å². The Bertz CT molecular complexity index is 187. The first-order valence-electron chi connectivity index (χ1n) is 6.76. The average molecular weight is 244 g/mol. The Morgan fingerprint density at radius 1 is 0.875 bits per heavy atom. The summed E-state index contributed by atoms with van der Waals surface area (Å²) in [4.78, 5) is 0. The van der Waals surface area contributed by atoms with Crippen molar-refractivity contribution < 1.29 is 4.21 Å². The average Bonchev–Trinajstić information content (AvgIpc) is 2.25. The van der Waals surface area contributed by atoms with Crippen LogP contribution in [0.2, 0.25) is 0 Å². The van der Waals surface area contributed by atoms with Crippen molar-refractivity contribution in [3.05, 3.63) is 11.5 Å². The molecule has 0 fully saturated rings. The van der Waals surface area contributed by atoms with Crippen molar-refractivity contribution in [1.29, 1.82) is 0 Å². The molecule has 0 aliphatic rings. The molecule has 0 saturated carbocycles. The van der Waals surface area contributed by atoms with Crippen LogP contribution in [0, 0.1) is 0 Å². The van der Waals surface area contributed by atoms with Crippen molar-refractivity contribution in [2.75, 3.05) is 6.26 Å². The van der Waals surface area contributed by atoms with Gasteiger partial charge in [0.15, 0.2) is 0 Å². The van der Waals surface area contributed by atoms with Crippen LogP contribution in [0.1, 0.15) is 71.1 Å². The quantitative estimate of drug-likeness (QED) is 0.477. The molecule has 0 saturated heterocycles. The summed E-state index contributed by atoms with van der Waals surface area (Å²) in [6.07, 6.45) is 17.2. The maximum absolute atomic E-state index is 10.7. The first-order chi connectivity index (χ1) is 7.77. The minimum atomic E-state index is -0.760. The molecule has 2 heteroatoms. The largest absolute Gasteiger partial charge is 0.255 e. The molecule has 0 aromatic heterocycles. The second-order valence-electron chi connectivity index (χ2n) is 4.49. The maximum Gasteiger partial charge on any atom is 0.0421 e. The molecule has 0 aromatic carbocycles. The second kappa shape index (κ2) is 13.0. The highest BCUT2D eigenvalue weighted by atomic mass is 32.2. The molecule has 0 aliphatic carbocycles. The zero-order chi connectivity index (χ0) is 12.1. The summed E-state index contributed by atoms with van der Waals surface area (Å²) in [6.45, 7) is 2.26. The van der Waals surface area contributed by atoms with Gasteiger partial charge in [-0.2, -0.15) is 0 Å². The van der Waals surface area contributed by atoms with E-state index in [2.05, 4.69) is 13.0 Å². The van der Waals surface area contributed by atoms with Gasteiger partial charge >= 0.3 is 0 Å². The third kappa shape index (κ3) is 13.9. The Hall–Kier alpha value is -0.110. The van der Waals surface area contributed by atoms with Crippen LogP contribution in [0.5, 0.6) is 0 Å². The van der Waals surface area contributed by atoms with Crippen LogP contribution >= 0.6 is 0 Å². The van der Waals surface area contributed by atoms with Gasteiger partial charge in [-0.25, -0.2) is 0 Å². The lowest BCUT2D eigenvalue weighted by atomic mass is 10.1. The Labute approximate surface area is 104 Å². The van der Waals surface area contributed by atoms with E-state index < -0.39 is 10.8 Å². The van der Waals surface area contributed by atoms with E-state index in [4.69, 9.17) is 0 Å². The van der Waals surface area contributed by atoms with Gasteiger partial charge in [-0.1, -0.05) is 64.4 Å². The lowest BCUT2D eigenvalue weighted by molar-refractivity contribution is 0.566. The molecule has 0 heterocycles. The topological polar surface area (TPSA) is 17.1 Å². The molecular weight excluding hydrogens is 216 g/mol. The number of unbranched alkanes of at least 4 members (excludes halogenated alkanes) is 9. The van der Waals surface area contributed by atoms with Crippen molar-refractivity contribution in [1.82, 2.24) is 0 Å². The van der Waals surface area contributed by atoms with Gasteiger partial charge in [0.1, 0.15) is 0 Å². The normalized spacial score (nSPS) is 13.4. The van der Waals surface area contributed by atoms with Gasteiger partial charge in [-0.15, -0.1) is 0 Å². The highest BCUT2D eigenvalue weighted by molar-refractivity contribution is 7.87. The van der Waals surface area contributed by atoms with Crippen LogP contribution in [0.25, 0.3) is 0 Å². The molecule has 0 radical (unpaired) electrons. The van der Waals surface area contributed by atoms with E-state index in [0.717, 1.165) is 6.42 Å². The van der Waals surface area contributed by atoms with Crippen LogP contribution in [0.3, 0.4) is 0 Å². The Kier molecular flexibility index (Phi) is 12.9. The lowest BCUT2D eigenvalue weighted by Crippen LogP contribution is -1.81. The molecule has 0 aliphatic heterocycles. The van der Waals surface area contributed by atoms with Crippen molar-refractivity contribution >= 4 is 10.8 Å². The molecule has 0 N–H and O–H groups in total. The molecule has 96 valence electrons. The van der Waals surface area contributed by atoms with Crippen LogP contribution in [0.4, 0.5) is 0 Å². The van der Waals surface area contributed by atoms with Crippen molar-refractivity contribution in [3.63, 3.8) is 0 Å². The predicted octanol–water partition coefficient (Wildman–Crippen LogP) is 4.80. The second-order valence-corrected chi connectivity index (χ2v) is 5.76. The summed E-state index contributed by atoms with van der Waals surface area (Å²) in [5, 5.41) is 1.80. The van der Waals surface area contributed by atoms with Gasteiger partial charge in [0.05, 0.1) is 0 Å². The minimum Gasteiger partial charge on any atom is -0.255 e. The van der Waals surface area contributed by atoms with Gasteiger partial charge < -0.3 is 0 Å². The SMILES string of the molecule is CCCCCCCCCCC/C=C/S(C)=O. The number of hydrogen-bond donors (Lipinski definition) is 0. The summed E-state index contributed by atoms with van der Waals surface area (Å²) in [5.74, 6) is 0. The fourth-order valence-electron chi connectivity index (χ4n) is 1.78. The first kappa shape index (κ1) is 15.9. The Morgan fingerprint density at radius 3 is 1.88 bits per heavy atom. The van der Waals surface area contributed by atoms with Gasteiger partial charge in [-0.3, -0.25) is 4.21 Å². The smallest absolute Gasteiger partial charge is 0.0421 e. The molecule has 1 nitrogen and oxygen atoms in total. The van der Waals surface area contributed by atoms with Crippen LogP contribution < -0.4 is 0 Å². The van der Waals surface area contributed by atoms with E-state index in [9.17, 15) is 4.21 Å². The number of rotatable bonds is 11. The van der Waals surface area contributed by atoms with E-state index in [-0.39, 0.29) is 0 Å². The van der Waals surface area contributed by atoms with Crippen molar-refractivity contribution in [3.8, 4) is 0 Å². The summed E-state index contributed by atoms with van der Waals surface area (Å²) in [6, 6.07) is 0. The number of allylic oxidation sites excluding steroid dienone is 1. The monoisotopic (exact) mass is 244 g/mol. The lowest BCUT2D eigenvalue weighted by Gasteiger charge is -2.00. The highest BCUT2D eigenvalue weighted by Gasteiger charge is 1.91. The van der Waals surface area contributed by atoms with E-state index in [0.29, 0.717) is 0 Å². The Balaban J connectivity index is 3.01. The third-order valence-corrected chi connectivity index (χ3v) is 3.34. The third-order valence-electron chi connectivity index (χ3n) is 2.76. The van der Waals surface area contributed by atoms with E-state index >= 15 is 0 Å². The molecular formula is C14H28OS. The molecule has 16 heavy (non-hydrogen) atoms. The molecule has 0 aromatic rings. The predicted molar refractivity (Wildman–Crippen MR) is 75.1 cm³/mol. The standard InChI is InChI=1S/C14H28OS/c1-3-4-5-6-7-8-9-10-11-12-13-14-16(2)15/h13-14H,3-12H2,1-2H3/b14-13+. The van der Waals surface area contributed by atoms with Crippen LogP contribution in [-0.2, 0) is 10.8 Å². The zero-order valence-electron chi connectivity index (χ0n) is 11.0. The zero-order valence-corrected chi connectivity index (χ0v) is 11.9. The minimum absolute atomic E-state index is 0.760. The van der Waals surface area contributed by atoms with Gasteiger partial charge in [0.25, 0.3) is 0 Å². The van der Waals surface area contributed by atoms with E-state index in [1.165, 1.54) is 57.8 Å². The molecule has 0 rings (SSSR count). The summed E-state index contributed by atoms with van der Waals surface area (Å²) < 4.78 is 10.7. The van der Waals surface area contributed by atoms with E-state index in [1.54, 1.807) is 11.7 Å². The van der Waals surface area contributed by atoms with Crippen molar-refractivity contribution in [2.45, 2.75) is 71.1 Å². The van der Waals surface area contributed by atoms with Gasteiger partial charge in [0, 0.05) is 17.1 Å². The molecule has 1 unspecified atom stereocenters. The van der Waals surface area contributed by atoms with Crippen LogP contribution in [0.15, 0.2) is 11.5 Å². The highest BCUT2D eigenvalue weighted by Crippen LogP contribution is 2.10. The molecule has 0 amide bonds. The van der Waals surface area contributed by atoms with Gasteiger partial charge in [-0.05, 0) is 18.2 Å². The summed E-state index contributed by atoms with van der Waals surface area (Å²) >= 11 is 0. The number of hydrogen-bond acceptors (Lipinski definition) is 1. The molecule has 0 spiro atoms. The molecule has 1 atom stereocenters. The fraction of sp³-hybridized carbons (Fsp3) is 0.857. The Morgan fingerprint density at radius 2 is 1.38 bits per heavy atom. The van der Waals surface area contributed by atoms with Crippen molar-refractivity contribution in [2.24, 2.45) is 0 Å².